The molecule has 1 fully saturated rings. The minimum absolute atomic E-state index is 0.0691. The van der Waals surface area contributed by atoms with Crippen molar-refractivity contribution in [2.24, 2.45) is 5.41 Å². The molecule has 1 aromatic rings. The molecule has 5 heterocycles. The minimum atomic E-state index is -1.65. The second kappa shape index (κ2) is 6.52. The van der Waals surface area contributed by atoms with Gasteiger partial charge in [0.2, 0.25) is 5.91 Å². The number of nitrogens with zero attached hydrogens (tertiary/aromatic N) is 3. The SMILES string of the molecule is CC1(C)C=Cc2c(ccc3c2N([O-])C2C(C)(C)/C=C\N4C(=O)C5=CCCN5C(=O)[C@@H]4C[C@]32O)O1. The second-order valence-corrected chi connectivity index (χ2v) is 11.0. The van der Waals surface area contributed by atoms with Crippen molar-refractivity contribution in [3.05, 3.63) is 58.6 Å². The summed E-state index contributed by atoms with van der Waals surface area (Å²) < 4.78 is 6.08. The number of carbonyl (C=O) groups excluding carboxylic acids is 2. The van der Waals surface area contributed by atoms with E-state index in [2.05, 4.69) is 0 Å². The van der Waals surface area contributed by atoms with Gasteiger partial charge in [0, 0.05) is 41.4 Å². The summed E-state index contributed by atoms with van der Waals surface area (Å²) in [4.78, 5) is 29.7. The van der Waals surface area contributed by atoms with Crippen molar-refractivity contribution >= 4 is 23.6 Å². The predicted molar refractivity (Wildman–Crippen MR) is 126 cm³/mol. The van der Waals surface area contributed by atoms with Crippen LogP contribution in [0.3, 0.4) is 0 Å². The van der Waals surface area contributed by atoms with Crippen molar-refractivity contribution in [3.8, 4) is 5.75 Å². The summed E-state index contributed by atoms with van der Waals surface area (Å²) in [5.74, 6) is 0.0989. The van der Waals surface area contributed by atoms with Gasteiger partial charge in [0.05, 0.1) is 6.04 Å². The molecule has 8 nitrogen and oxygen atoms in total. The molecule has 5 aliphatic rings. The molecule has 1 N–H and O–H groups in total. The van der Waals surface area contributed by atoms with Crippen LogP contribution in [0.2, 0.25) is 0 Å². The molecule has 0 aliphatic carbocycles. The predicted octanol–water partition coefficient (Wildman–Crippen LogP) is 3.02. The molecular weight excluding hydrogens is 434 g/mol. The van der Waals surface area contributed by atoms with Crippen molar-refractivity contribution in [3.63, 3.8) is 0 Å². The summed E-state index contributed by atoms with van der Waals surface area (Å²) in [7, 11) is 0. The number of rotatable bonds is 0. The molecule has 34 heavy (non-hydrogen) atoms. The number of hydroxylamine groups is 1. The van der Waals surface area contributed by atoms with Gasteiger partial charge in [-0.25, -0.2) is 0 Å². The lowest BCUT2D eigenvalue weighted by Gasteiger charge is -2.51. The van der Waals surface area contributed by atoms with E-state index in [9.17, 15) is 19.9 Å². The van der Waals surface area contributed by atoms with Gasteiger partial charge in [-0.3, -0.25) is 9.59 Å². The van der Waals surface area contributed by atoms with E-state index in [0.717, 1.165) is 5.06 Å². The zero-order valence-corrected chi connectivity index (χ0v) is 19.7. The third-order valence-corrected chi connectivity index (χ3v) is 7.77. The smallest absolute Gasteiger partial charge is 0.274 e. The Morgan fingerprint density at radius 2 is 1.91 bits per heavy atom. The molecule has 1 aromatic carbocycles. The Bertz CT molecular complexity index is 1230. The Labute approximate surface area is 198 Å². The second-order valence-electron chi connectivity index (χ2n) is 11.0. The first kappa shape index (κ1) is 21.4. The molecule has 178 valence electrons. The van der Waals surface area contributed by atoms with Gasteiger partial charge < -0.3 is 29.9 Å². The molecule has 0 bridgehead atoms. The number of fused-ring (bicyclic) bond motifs is 7. The molecule has 3 atom stereocenters. The molecule has 5 aliphatic heterocycles. The van der Waals surface area contributed by atoms with Crippen molar-refractivity contribution in [2.75, 3.05) is 11.6 Å². The summed E-state index contributed by atoms with van der Waals surface area (Å²) in [6.07, 6.45) is 9.50. The van der Waals surface area contributed by atoms with E-state index in [1.807, 2.05) is 39.8 Å². The first-order valence-corrected chi connectivity index (χ1v) is 11.7. The van der Waals surface area contributed by atoms with Crippen molar-refractivity contribution < 1.29 is 19.4 Å². The molecule has 2 amide bonds. The fourth-order valence-corrected chi connectivity index (χ4v) is 6.22. The maximum Gasteiger partial charge on any atom is 0.274 e. The molecule has 1 saturated heterocycles. The van der Waals surface area contributed by atoms with Gasteiger partial charge in [-0.2, -0.15) is 0 Å². The number of hydrogen-bond donors (Lipinski definition) is 1. The molecule has 6 rings (SSSR count). The van der Waals surface area contributed by atoms with Crippen molar-refractivity contribution in [1.29, 1.82) is 0 Å². The van der Waals surface area contributed by atoms with Crippen LogP contribution in [0, 0.1) is 10.6 Å². The Kier molecular flexibility index (Phi) is 4.11. The van der Waals surface area contributed by atoms with Gasteiger partial charge in [0.15, 0.2) is 0 Å². The molecular formula is C26H28N3O5-. The normalized spacial score (nSPS) is 33.1. The van der Waals surface area contributed by atoms with Crippen LogP contribution in [-0.2, 0) is 15.2 Å². The minimum Gasteiger partial charge on any atom is -0.758 e. The van der Waals surface area contributed by atoms with E-state index < -0.39 is 28.7 Å². The van der Waals surface area contributed by atoms with Crippen LogP contribution >= 0.6 is 0 Å². The largest absolute Gasteiger partial charge is 0.758 e. The average Bonchev–Trinajstić information content (AvgIpc) is 3.32. The van der Waals surface area contributed by atoms with E-state index >= 15 is 0 Å². The highest BCUT2D eigenvalue weighted by Gasteiger charge is 2.58. The highest BCUT2D eigenvalue weighted by atomic mass is 16.5. The summed E-state index contributed by atoms with van der Waals surface area (Å²) in [5.41, 5.74) is -1.13. The third kappa shape index (κ3) is 2.66. The van der Waals surface area contributed by atoms with Gasteiger partial charge in [-0.15, -0.1) is 0 Å². The van der Waals surface area contributed by atoms with Crippen molar-refractivity contribution in [2.45, 2.75) is 63.8 Å². The van der Waals surface area contributed by atoms with E-state index in [0.29, 0.717) is 41.2 Å². The topological polar surface area (TPSA) is 96.4 Å². The molecule has 8 heteroatoms. The quantitative estimate of drug-likeness (QED) is 0.637. The van der Waals surface area contributed by atoms with Crippen LogP contribution in [0.5, 0.6) is 5.75 Å². The number of ether oxygens (including phenoxy) is 1. The zero-order chi connectivity index (χ0) is 24.2. The molecule has 1 unspecified atom stereocenters. The van der Waals surface area contributed by atoms with E-state index in [-0.39, 0.29) is 18.2 Å². The molecule has 0 aromatic heterocycles. The van der Waals surface area contributed by atoms with Gasteiger partial charge in [-0.05, 0) is 38.5 Å². The number of anilines is 1. The van der Waals surface area contributed by atoms with Crippen LogP contribution in [0.25, 0.3) is 6.08 Å². The highest BCUT2D eigenvalue weighted by Crippen LogP contribution is 2.57. The number of aliphatic hydroxyl groups is 1. The van der Waals surface area contributed by atoms with Gasteiger partial charge in [-0.1, -0.05) is 32.1 Å². The standard InChI is InChI=1S/C26H28N3O5/c1-24(2)11-13-28-18(22(31)27-12-5-6-17(27)21(28)30)14-26(32)16-7-8-19-15(9-10-25(3,4)34-19)20(16)29(33)23(24)26/h6-11,13,18,23,32H,5,12,14H2,1-4H3/q-1/b13-11-/t18-,23?,26-/m0/s1. The number of amides is 2. The Hall–Kier alpha value is -3.10. The van der Waals surface area contributed by atoms with Crippen LogP contribution in [0.1, 0.15) is 51.7 Å². The summed E-state index contributed by atoms with van der Waals surface area (Å²) in [6, 6.07) is 1.73. The van der Waals surface area contributed by atoms with E-state index in [4.69, 9.17) is 4.74 Å². The van der Waals surface area contributed by atoms with Crippen LogP contribution in [-0.4, -0.2) is 51.0 Å². The lowest BCUT2D eigenvalue weighted by atomic mass is 9.70. The molecule has 0 saturated carbocycles. The van der Waals surface area contributed by atoms with Gasteiger partial charge >= 0.3 is 0 Å². The highest BCUT2D eigenvalue weighted by molar-refractivity contribution is 6.05. The van der Waals surface area contributed by atoms with Crippen LogP contribution < -0.4 is 9.80 Å². The lowest BCUT2D eigenvalue weighted by Crippen LogP contribution is -2.61. The van der Waals surface area contributed by atoms with E-state index in [1.54, 1.807) is 30.5 Å². The first-order valence-electron chi connectivity index (χ1n) is 11.7. The summed E-state index contributed by atoms with van der Waals surface area (Å²) in [5, 5.41) is 27.1. The van der Waals surface area contributed by atoms with Gasteiger partial charge in [0.1, 0.15) is 28.7 Å². The van der Waals surface area contributed by atoms with Crippen LogP contribution in [0.15, 0.2) is 42.3 Å². The maximum atomic E-state index is 13.9. The fourth-order valence-electron chi connectivity index (χ4n) is 6.22. The molecule has 0 spiro atoms. The maximum absolute atomic E-state index is 13.9. The monoisotopic (exact) mass is 462 g/mol. The number of benzene rings is 1. The lowest BCUT2D eigenvalue weighted by molar-refractivity contribution is -0.151. The Morgan fingerprint density at radius 3 is 2.68 bits per heavy atom. The number of piperazine rings is 1. The summed E-state index contributed by atoms with van der Waals surface area (Å²) in [6.45, 7) is 8.07. The first-order chi connectivity index (χ1) is 15.9. The summed E-state index contributed by atoms with van der Waals surface area (Å²) >= 11 is 0. The van der Waals surface area contributed by atoms with Crippen LogP contribution in [0.4, 0.5) is 5.69 Å². The molecule has 0 radical (unpaired) electrons. The Morgan fingerprint density at radius 1 is 1.15 bits per heavy atom. The fraction of sp³-hybridized carbons (Fsp3) is 0.462. The zero-order valence-electron chi connectivity index (χ0n) is 19.7. The number of carbonyl (C=O) groups is 2. The average molecular weight is 463 g/mol. The van der Waals surface area contributed by atoms with Crippen molar-refractivity contribution in [1.82, 2.24) is 9.80 Å². The number of hydrogen-bond acceptors (Lipinski definition) is 6. The van der Waals surface area contributed by atoms with E-state index in [1.165, 1.54) is 9.80 Å². The van der Waals surface area contributed by atoms with Gasteiger partial charge in [0.25, 0.3) is 5.91 Å². The Balaban J connectivity index is 1.53. The third-order valence-electron chi connectivity index (χ3n) is 7.77.